The van der Waals surface area contributed by atoms with Crippen molar-refractivity contribution >= 4 is 16.8 Å². The maximum atomic E-state index is 10.6. The number of hydrogen-bond donors (Lipinski definition) is 0. The standard InChI is InChI=1S/C14H17ClO/c15-14(16)7-3-4-11-8-9-12-5-1-2-6-13(12)10-11/h8-10H,1-7H2. The summed E-state index contributed by atoms with van der Waals surface area (Å²) >= 11 is 5.32. The van der Waals surface area contributed by atoms with Crippen LogP contribution in [0.15, 0.2) is 18.2 Å². The number of halogens is 1. The van der Waals surface area contributed by atoms with Gasteiger partial charge in [-0.3, -0.25) is 4.79 Å². The molecule has 16 heavy (non-hydrogen) atoms. The summed E-state index contributed by atoms with van der Waals surface area (Å²) in [6, 6.07) is 6.77. The number of benzene rings is 1. The topological polar surface area (TPSA) is 17.1 Å². The maximum Gasteiger partial charge on any atom is 0.221 e. The van der Waals surface area contributed by atoms with Gasteiger partial charge >= 0.3 is 0 Å². The third-order valence-corrected chi connectivity index (χ3v) is 3.44. The van der Waals surface area contributed by atoms with E-state index in [0.717, 1.165) is 12.8 Å². The van der Waals surface area contributed by atoms with Gasteiger partial charge in [-0.15, -0.1) is 0 Å². The molecule has 0 bridgehead atoms. The fourth-order valence-electron chi connectivity index (χ4n) is 2.37. The van der Waals surface area contributed by atoms with Crippen molar-refractivity contribution in [2.75, 3.05) is 0 Å². The van der Waals surface area contributed by atoms with Crippen molar-refractivity contribution in [1.82, 2.24) is 0 Å². The first-order chi connectivity index (χ1) is 7.75. The average molecular weight is 237 g/mol. The minimum absolute atomic E-state index is 0.224. The van der Waals surface area contributed by atoms with E-state index in [4.69, 9.17) is 11.6 Å². The van der Waals surface area contributed by atoms with Gasteiger partial charge in [-0.05, 0) is 66.8 Å². The molecular formula is C14H17ClO. The lowest BCUT2D eigenvalue weighted by Gasteiger charge is -2.16. The molecule has 0 atom stereocenters. The average Bonchev–Trinajstić information content (AvgIpc) is 2.28. The molecule has 1 aliphatic carbocycles. The Kier molecular flexibility index (Phi) is 4.00. The van der Waals surface area contributed by atoms with Crippen LogP contribution in [0.2, 0.25) is 0 Å². The van der Waals surface area contributed by atoms with Crippen molar-refractivity contribution in [3.8, 4) is 0 Å². The molecule has 0 radical (unpaired) electrons. The van der Waals surface area contributed by atoms with Crippen molar-refractivity contribution in [1.29, 1.82) is 0 Å². The van der Waals surface area contributed by atoms with Gasteiger partial charge in [0.2, 0.25) is 5.24 Å². The fraction of sp³-hybridized carbons (Fsp3) is 0.500. The smallest absolute Gasteiger partial charge is 0.221 e. The molecule has 86 valence electrons. The first-order valence-electron chi connectivity index (χ1n) is 6.05. The zero-order chi connectivity index (χ0) is 11.4. The Balaban J connectivity index is 1.97. The van der Waals surface area contributed by atoms with Gasteiger partial charge < -0.3 is 0 Å². The number of carbonyl (C=O) groups excluding carboxylic acids is 1. The van der Waals surface area contributed by atoms with E-state index in [-0.39, 0.29) is 5.24 Å². The first-order valence-corrected chi connectivity index (χ1v) is 6.42. The molecule has 1 nitrogen and oxygen atoms in total. The van der Waals surface area contributed by atoms with E-state index in [1.54, 1.807) is 0 Å². The lowest BCUT2D eigenvalue weighted by atomic mass is 9.89. The highest BCUT2D eigenvalue weighted by Gasteiger charge is 2.09. The van der Waals surface area contributed by atoms with Crippen LogP contribution in [-0.2, 0) is 24.1 Å². The molecule has 0 aromatic heterocycles. The predicted octanol–water partition coefficient (Wildman–Crippen LogP) is 3.65. The molecule has 0 N–H and O–H groups in total. The van der Waals surface area contributed by atoms with Crippen LogP contribution >= 0.6 is 11.6 Å². The van der Waals surface area contributed by atoms with E-state index in [9.17, 15) is 4.79 Å². The summed E-state index contributed by atoms with van der Waals surface area (Å²) in [6.45, 7) is 0. The second kappa shape index (κ2) is 5.49. The molecule has 0 saturated carbocycles. The SMILES string of the molecule is O=C(Cl)CCCc1ccc2c(c1)CCCC2. The number of carbonyl (C=O) groups is 1. The molecule has 0 heterocycles. The number of aryl methyl sites for hydroxylation is 3. The van der Waals surface area contributed by atoms with Crippen LogP contribution in [0.4, 0.5) is 0 Å². The van der Waals surface area contributed by atoms with Crippen LogP contribution in [0.5, 0.6) is 0 Å². The lowest BCUT2D eigenvalue weighted by Crippen LogP contribution is -2.03. The van der Waals surface area contributed by atoms with Crippen LogP contribution in [0.1, 0.15) is 42.4 Å². The summed E-state index contributed by atoms with van der Waals surface area (Å²) in [4.78, 5) is 10.6. The summed E-state index contributed by atoms with van der Waals surface area (Å²) in [7, 11) is 0. The molecule has 2 rings (SSSR count). The molecule has 0 amide bonds. The van der Waals surface area contributed by atoms with Gasteiger partial charge in [0.05, 0.1) is 0 Å². The second-order valence-corrected chi connectivity index (χ2v) is 4.94. The molecule has 1 aromatic carbocycles. The Bertz CT molecular complexity index is 384. The molecule has 0 fully saturated rings. The molecule has 0 unspecified atom stereocenters. The molecule has 2 heteroatoms. The highest BCUT2D eigenvalue weighted by Crippen LogP contribution is 2.22. The van der Waals surface area contributed by atoms with Gasteiger partial charge in [-0.2, -0.15) is 0 Å². The highest BCUT2D eigenvalue weighted by atomic mass is 35.5. The number of rotatable bonds is 4. The quantitative estimate of drug-likeness (QED) is 0.730. The largest absolute Gasteiger partial charge is 0.281 e. The van der Waals surface area contributed by atoms with Crippen molar-refractivity contribution in [2.24, 2.45) is 0 Å². The van der Waals surface area contributed by atoms with E-state index >= 15 is 0 Å². The maximum absolute atomic E-state index is 10.6. The Labute approximate surface area is 102 Å². The summed E-state index contributed by atoms with van der Waals surface area (Å²) in [5.74, 6) is 0. The van der Waals surface area contributed by atoms with Crippen molar-refractivity contribution in [3.05, 3.63) is 34.9 Å². The van der Waals surface area contributed by atoms with Gasteiger partial charge in [0.1, 0.15) is 0 Å². The number of hydrogen-bond acceptors (Lipinski definition) is 1. The molecule has 0 saturated heterocycles. The summed E-state index contributed by atoms with van der Waals surface area (Å²) in [5.41, 5.74) is 4.38. The monoisotopic (exact) mass is 236 g/mol. The highest BCUT2D eigenvalue weighted by molar-refractivity contribution is 6.63. The van der Waals surface area contributed by atoms with Crippen LogP contribution in [0.25, 0.3) is 0 Å². The van der Waals surface area contributed by atoms with Gasteiger partial charge in [0.25, 0.3) is 0 Å². The Morgan fingerprint density at radius 1 is 1.19 bits per heavy atom. The normalized spacial score (nSPS) is 14.6. The predicted molar refractivity (Wildman–Crippen MR) is 66.9 cm³/mol. The van der Waals surface area contributed by atoms with Crippen LogP contribution in [0, 0.1) is 0 Å². The van der Waals surface area contributed by atoms with E-state index in [2.05, 4.69) is 18.2 Å². The van der Waals surface area contributed by atoms with Crippen molar-refractivity contribution in [2.45, 2.75) is 44.9 Å². The number of fused-ring (bicyclic) bond motifs is 1. The van der Waals surface area contributed by atoms with E-state index in [0.29, 0.717) is 6.42 Å². The molecule has 1 aromatic rings. The molecular weight excluding hydrogens is 220 g/mol. The zero-order valence-electron chi connectivity index (χ0n) is 9.47. The first kappa shape index (κ1) is 11.7. The fourth-order valence-corrected chi connectivity index (χ4v) is 2.51. The van der Waals surface area contributed by atoms with Gasteiger partial charge in [-0.25, -0.2) is 0 Å². The van der Waals surface area contributed by atoms with Crippen molar-refractivity contribution in [3.63, 3.8) is 0 Å². The summed E-state index contributed by atoms with van der Waals surface area (Å²) in [6.07, 6.45) is 7.41. The third-order valence-electron chi connectivity index (χ3n) is 3.25. The van der Waals surface area contributed by atoms with Crippen LogP contribution in [-0.4, -0.2) is 5.24 Å². The summed E-state index contributed by atoms with van der Waals surface area (Å²) < 4.78 is 0. The second-order valence-electron chi connectivity index (χ2n) is 4.52. The Morgan fingerprint density at radius 2 is 1.94 bits per heavy atom. The zero-order valence-corrected chi connectivity index (χ0v) is 10.2. The molecule has 1 aliphatic rings. The van der Waals surface area contributed by atoms with Crippen molar-refractivity contribution < 1.29 is 4.79 Å². The summed E-state index contributed by atoms with van der Waals surface area (Å²) in [5, 5.41) is -0.224. The van der Waals surface area contributed by atoms with Crippen LogP contribution < -0.4 is 0 Å². The lowest BCUT2D eigenvalue weighted by molar-refractivity contribution is -0.111. The molecule has 0 spiro atoms. The minimum atomic E-state index is -0.224. The van der Waals surface area contributed by atoms with E-state index in [1.807, 2.05) is 0 Å². The van der Waals surface area contributed by atoms with Gasteiger partial charge in [0, 0.05) is 6.42 Å². The van der Waals surface area contributed by atoms with E-state index < -0.39 is 0 Å². The third kappa shape index (κ3) is 3.08. The Morgan fingerprint density at radius 3 is 2.69 bits per heavy atom. The van der Waals surface area contributed by atoms with Gasteiger partial charge in [0.15, 0.2) is 0 Å². The Hall–Kier alpha value is -0.820. The van der Waals surface area contributed by atoms with Crippen LogP contribution in [0.3, 0.4) is 0 Å². The van der Waals surface area contributed by atoms with E-state index in [1.165, 1.54) is 42.4 Å². The minimum Gasteiger partial charge on any atom is -0.281 e. The van der Waals surface area contributed by atoms with Gasteiger partial charge in [-0.1, -0.05) is 18.2 Å². The molecule has 0 aliphatic heterocycles.